The Kier molecular flexibility index (Phi) is 5.64. The minimum Gasteiger partial charge on any atom is -0.335 e. The van der Waals surface area contributed by atoms with Gasteiger partial charge in [0.2, 0.25) is 0 Å². The van der Waals surface area contributed by atoms with Crippen LogP contribution in [0.15, 0.2) is 59.3 Å². The van der Waals surface area contributed by atoms with E-state index in [9.17, 15) is 4.79 Å². The van der Waals surface area contributed by atoms with E-state index in [2.05, 4.69) is 28.5 Å². The molecule has 0 radical (unpaired) electrons. The van der Waals surface area contributed by atoms with E-state index in [0.717, 1.165) is 15.3 Å². The predicted molar refractivity (Wildman–Crippen MR) is 117 cm³/mol. The largest absolute Gasteiger partial charge is 0.335 e. The van der Waals surface area contributed by atoms with Crippen molar-refractivity contribution in [1.29, 1.82) is 0 Å². The number of aromatic nitrogens is 4. The van der Waals surface area contributed by atoms with Gasteiger partial charge in [-0.2, -0.15) is 4.68 Å². The highest BCUT2D eigenvalue weighted by atomic mass is 32.1. The van der Waals surface area contributed by atoms with Crippen LogP contribution in [0.5, 0.6) is 0 Å². The highest BCUT2D eigenvalue weighted by molar-refractivity contribution is 7.11. The highest BCUT2D eigenvalue weighted by Gasteiger charge is 2.23. The molecule has 0 atom stereocenters. The summed E-state index contributed by atoms with van der Waals surface area (Å²) in [5.41, 5.74) is 2.44. The lowest BCUT2D eigenvalue weighted by Gasteiger charge is -2.19. The highest BCUT2D eigenvalue weighted by Crippen LogP contribution is 2.24. The van der Waals surface area contributed by atoms with Gasteiger partial charge in [0.05, 0.1) is 6.54 Å². The molecule has 1 amide bonds. The maximum atomic E-state index is 13.4. The minimum absolute atomic E-state index is 0.143. The van der Waals surface area contributed by atoms with Gasteiger partial charge in [0.15, 0.2) is 5.82 Å². The van der Waals surface area contributed by atoms with E-state index in [1.165, 1.54) is 10.2 Å². The van der Waals surface area contributed by atoms with Crippen molar-refractivity contribution in [3.05, 3.63) is 74.6 Å². The molecule has 0 bridgehead atoms. The molecular formula is C21H19N5OS2. The fourth-order valence-corrected chi connectivity index (χ4v) is 4.50. The summed E-state index contributed by atoms with van der Waals surface area (Å²) in [5, 5.41) is 16.2. The van der Waals surface area contributed by atoms with Crippen LogP contribution in [0, 0.1) is 6.92 Å². The predicted octanol–water partition coefficient (Wildman–Crippen LogP) is 4.43. The Bertz CT molecular complexity index is 1130. The minimum atomic E-state index is -0.143. The second kappa shape index (κ2) is 8.50. The van der Waals surface area contributed by atoms with Crippen LogP contribution < -0.4 is 0 Å². The number of thiophene rings is 2. The van der Waals surface area contributed by atoms with Crippen molar-refractivity contribution in [2.75, 3.05) is 7.05 Å². The molecular weight excluding hydrogens is 402 g/mol. The van der Waals surface area contributed by atoms with Gasteiger partial charge in [0, 0.05) is 22.4 Å². The third kappa shape index (κ3) is 4.18. The van der Waals surface area contributed by atoms with E-state index in [0.29, 0.717) is 18.1 Å². The molecule has 0 spiro atoms. The summed E-state index contributed by atoms with van der Waals surface area (Å²) in [6.07, 6.45) is 1.84. The Morgan fingerprint density at radius 2 is 1.93 bits per heavy atom. The second-order valence-corrected chi connectivity index (χ2v) is 8.49. The molecule has 0 fully saturated rings. The van der Waals surface area contributed by atoms with Crippen LogP contribution in [0.4, 0.5) is 0 Å². The first-order valence-electron chi connectivity index (χ1n) is 9.01. The van der Waals surface area contributed by atoms with Gasteiger partial charge in [-0.15, -0.1) is 27.8 Å². The van der Waals surface area contributed by atoms with Crippen molar-refractivity contribution in [3.8, 4) is 11.4 Å². The summed E-state index contributed by atoms with van der Waals surface area (Å²) in [4.78, 5) is 17.3. The number of carbonyl (C=O) groups is 1. The molecule has 0 unspecified atom stereocenters. The van der Waals surface area contributed by atoms with Gasteiger partial charge in [0.1, 0.15) is 5.70 Å². The van der Waals surface area contributed by atoms with Crippen molar-refractivity contribution in [2.45, 2.75) is 13.5 Å². The van der Waals surface area contributed by atoms with Crippen LogP contribution >= 0.6 is 22.7 Å². The number of carbonyl (C=O) groups excluding carboxylic acids is 1. The number of benzene rings is 1. The molecule has 1 aromatic carbocycles. The van der Waals surface area contributed by atoms with Gasteiger partial charge < -0.3 is 4.90 Å². The lowest BCUT2D eigenvalue weighted by Crippen LogP contribution is -2.29. The number of tetrazole rings is 1. The molecule has 146 valence electrons. The lowest BCUT2D eigenvalue weighted by atomic mass is 10.2. The maximum absolute atomic E-state index is 13.4. The summed E-state index contributed by atoms with van der Waals surface area (Å²) < 4.78 is 1.52. The molecule has 8 heteroatoms. The van der Waals surface area contributed by atoms with Gasteiger partial charge in [-0.3, -0.25) is 4.79 Å². The van der Waals surface area contributed by atoms with Crippen molar-refractivity contribution in [1.82, 2.24) is 25.1 Å². The Morgan fingerprint density at radius 3 is 2.62 bits per heavy atom. The number of aryl methyl sites for hydroxylation is 1. The zero-order chi connectivity index (χ0) is 20.2. The first kappa shape index (κ1) is 19.2. The Labute approximate surface area is 176 Å². The molecule has 0 saturated carbocycles. The molecule has 4 aromatic rings. The van der Waals surface area contributed by atoms with E-state index >= 15 is 0 Å². The van der Waals surface area contributed by atoms with E-state index in [-0.39, 0.29) is 5.91 Å². The summed E-state index contributed by atoms with van der Waals surface area (Å²) >= 11 is 3.21. The zero-order valence-corrected chi connectivity index (χ0v) is 17.7. The Balaban J connectivity index is 1.73. The van der Waals surface area contributed by atoms with Crippen LogP contribution in [0.25, 0.3) is 23.2 Å². The van der Waals surface area contributed by atoms with Crippen molar-refractivity contribution in [3.63, 3.8) is 0 Å². The number of hydrogen-bond acceptors (Lipinski definition) is 6. The molecule has 3 aromatic heterocycles. The van der Waals surface area contributed by atoms with Crippen LogP contribution in [-0.4, -0.2) is 38.1 Å². The van der Waals surface area contributed by atoms with E-state index in [1.807, 2.05) is 59.3 Å². The van der Waals surface area contributed by atoms with Gasteiger partial charge in [-0.25, -0.2) is 0 Å². The number of likely N-dealkylation sites (N-methyl/N-ethyl adjacent to an activating group) is 1. The average molecular weight is 422 g/mol. The monoisotopic (exact) mass is 421 g/mol. The van der Waals surface area contributed by atoms with Crippen molar-refractivity contribution >= 4 is 40.4 Å². The standard InChI is InChI=1S/C21H19N5OS2/c1-15-10-12-29-19(15)14-25(2)21(27)18(13-17-9-6-11-28-17)26-20(22-23-24-26)16-7-4-3-5-8-16/h3-13H,14H2,1-2H3/b18-13+. The van der Waals surface area contributed by atoms with Gasteiger partial charge in [0.25, 0.3) is 5.91 Å². The summed E-state index contributed by atoms with van der Waals surface area (Å²) in [7, 11) is 1.80. The first-order valence-corrected chi connectivity index (χ1v) is 10.8. The lowest BCUT2D eigenvalue weighted by molar-refractivity contribution is -0.124. The molecule has 29 heavy (non-hydrogen) atoms. The molecule has 4 rings (SSSR count). The smallest absolute Gasteiger partial charge is 0.272 e. The fourth-order valence-electron chi connectivity index (χ4n) is 2.89. The SMILES string of the molecule is Cc1ccsc1CN(C)C(=O)/C(=C\c1cccs1)n1nnnc1-c1ccccc1. The quantitative estimate of drug-likeness (QED) is 0.432. The molecule has 0 aliphatic rings. The normalized spacial score (nSPS) is 11.6. The number of hydrogen-bond donors (Lipinski definition) is 0. The van der Waals surface area contributed by atoms with Crippen LogP contribution in [0.3, 0.4) is 0 Å². The van der Waals surface area contributed by atoms with E-state index in [1.54, 1.807) is 34.6 Å². The molecule has 0 aliphatic carbocycles. The second-order valence-electron chi connectivity index (χ2n) is 6.51. The summed E-state index contributed by atoms with van der Waals surface area (Å²) in [5.74, 6) is 0.387. The topological polar surface area (TPSA) is 63.9 Å². The fraction of sp³-hybridized carbons (Fsp3) is 0.143. The average Bonchev–Trinajstić information content (AvgIpc) is 3.49. The van der Waals surface area contributed by atoms with Crippen molar-refractivity contribution in [2.24, 2.45) is 0 Å². The van der Waals surface area contributed by atoms with Gasteiger partial charge in [-0.1, -0.05) is 36.4 Å². The molecule has 3 heterocycles. The van der Waals surface area contributed by atoms with Crippen molar-refractivity contribution < 1.29 is 4.79 Å². The molecule has 6 nitrogen and oxygen atoms in total. The van der Waals surface area contributed by atoms with Gasteiger partial charge >= 0.3 is 0 Å². The first-order chi connectivity index (χ1) is 14.1. The third-order valence-electron chi connectivity index (χ3n) is 4.47. The molecule has 0 saturated heterocycles. The number of nitrogens with zero attached hydrogens (tertiary/aromatic N) is 5. The van der Waals surface area contributed by atoms with Crippen LogP contribution in [0.1, 0.15) is 15.3 Å². The molecule has 0 aliphatic heterocycles. The van der Waals surface area contributed by atoms with Crippen LogP contribution in [0.2, 0.25) is 0 Å². The Morgan fingerprint density at radius 1 is 1.10 bits per heavy atom. The molecule has 0 N–H and O–H groups in total. The Hall–Kier alpha value is -3.10. The van der Waals surface area contributed by atoms with Crippen LogP contribution in [-0.2, 0) is 11.3 Å². The maximum Gasteiger partial charge on any atom is 0.272 e. The number of amides is 1. The zero-order valence-electron chi connectivity index (χ0n) is 16.0. The van der Waals surface area contributed by atoms with E-state index < -0.39 is 0 Å². The third-order valence-corrected chi connectivity index (χ3v) is 6.29. The van der Waals surface area contributed by atoms with E-state index in [4.69, 9.17) is 0 Å². The summed E-state index contributed by atoms with van der Waals surface area (Å²) in [6, 6.07) is 15.6. The van der Waals surface area contributed by atoms with Gasteiger partial charge in [-0.05, 0) is 51.9 Å². The summed E-state index contributed by atoms with van der Waals surface area (Å²) in [6.45, 7) is 2.59. The number of rotatable bonds is 6.